The molecule has 0 spiro atoms. The van der Waals surface area contributed by atoms with Crippen molar-refractivity contribution >= 4 is 23.1 Å². The molecule has 1 aromatic carbocycles. The Kier molecular flexibility index (Phi) is 4.42. The first-order valence-electron chi connectivity index (χ1n) is 6.93. The maximum absolute atomic E-state index is 11.9. The SMILES string of the molecule is CC(C)(C)C(=O)Nc1ccc(Nc2ccc(C#N)cc2)nc1. The number of rotatable bonds is 3. The molecule has 2 aromatic rings. The molecule has 0 bridgehead atoms. The zero-order valence-electron chi connectivity index (χ0n) is 12.8. The van der Waals surface area contributed by atoms with Crippen molar-refractivity contribution < 1.29 is 4.79 Å². The number of pyridine rings is 1. The van der Waals surface area contributed by atoms with Gasteiger partial charge in [-0.1, -0.05) is 20.8 Å². The number of nitrogens with one attached hydrogen (secondary N) is 2. The van der Waals surface area contributed by atoms with Crippen LogP contribution in [0, 0.1) is 16.7 Å². The Bertz CT molecular complexity index is 691. The number of hydrogen-bond acceptors (Lipinski definition) is 4. The van der Waals surface area contributed by atoms with E-state index in [1.54, 1.807) is 30.5 Å². The van der Waals surface area contributed by atoms with Crippen molar-refractivity contribution in [3.8, 4) is 6.07 Å². The van der Waals surface area contributed by atoms with Gasteiger partial charge < -0.3 is 10.6 Å². The highest BCUT2D eigenvalue weighted by Crippen LogP contribution is 2.19. The summed E-state index contributed by atoms with van der Waals surface area (Å²) in [6, 6.07) is 12.8. The van der Waals surface area contributed by atoms with Gasteiger partial charge in [0.2, 0.25) is 5.91 Å². The van der Waals surface area contributed by atoms with Crippen molar-refractivity contribution in [1.82, 2.24) is 4.98 Å². The Labute approximate surface area is 130 Å². The van der Waals surface area contributed by atoms with E-state index >= 15 is 0 Å². The summed E-state index contributed by atoms with van der Waals surface area (Å²) in [6.45, 7) is 5.57. The molecule has 1 amide bonds. The summed E-state index contributed by atoms with van der Waals surface area (Å²) in [7, 11) is 0. The third-order valence-corrected chi connectivity index (χ3v) is 2.99. The monoisotopic (exact) mass is 294 g/mol. The number of amides is 1. The smallest absolute Gasteiger partial charge is 0.229 e. The second-order valence-electron chi connectivity index (χ2n) is 5.95. The first-order chi connectivity index (χ1) is 10.4. The summed E-state index contributed by atoms with van der Waals surface area (Å²) < 4.78 is 0. The molecule has 2 N–H and O–H groups in total. The summed E-state index contributed by atoms with van der Waals surface area (Å²) >= 11 is 0. The largest absolute Gasteiger partial charge is 0.340 e. The molecule has 5 heteroatoms. The second kappa shape index (κ2) is 6.27. The molecule has 22 heavy (non-hydrogen) atoms. The number of nitriles is 1. The lowest BCUT2D eigenvalue weighted by Crippen LogP contribution is -2.27. The predicted molar refractivity (Wildman–Crippen MR) is 86.8 cm³/mol. The van der Waals surface area contributed by atoms with E-state index in [1.807, 2.05) is 32.9 Å². The van der Waals surface area contributed by atoms with E-state index in [2.05, 4.69) is 21.7 Å². The van der Waals surface area contributed by atoms with Crippen LogP contribution in [-0.4, -0.2) is 10.9 Å². The van der Waals surface area contributed by atoms with E-state index in [0.29, 0.717) is 17.1 Å². The van der Waals surface area contributed by atoms with Crippen LogP contribution >= 0.6 is 0 Å². The van der Waals surface area contributed by atoms with E-state index in [9.17, 15) is 4.79 Å². The minimum Gasteiger partial charge on any atom is -0.340 e. The number of benzene rings is 1. The quantitative estimate of drug-likeness (QED) is 0.905. The standard InChI is InChI=1S/C17H18N4O/c1-17(2,3)16(22)21-14-8-9-15(19-11-14)20-13-6-4-12(10-18)5-7-13/h4-9,11H,1-3H3,(H,19,20)(H,21,22). The van der Waals surface area contributed by atoms with Crippen LogP contribution in [0.5, 0.6) is 0 Å². The van der Waals surface area contributed by atoms with Crippen LogP contribution in [0.2, 0.25) is 0 Å². The Morgan fingerprint density at radius 1 is 1.09 bits per heavy atom. The van der Waals surface area contributed by atoms with Crippen LogP contribution in [0.3, 0.4) is 0 Å². The molecule has 0 saturated carbocycles. The van der Waals surface area contributed by atoms with Gasteiger partial charge in [0.05, 0.1) is 23.5 Å². The van der Waals surface area contributed by atoms with Gasteiger partial charge in [-0.05, 0) is 36.4 Å². The van der Waals surface area contributed by atoms with Crippen LogP contribution in [-0.2, 0) is 4.79 Å². The summed E-state index contributed by atoms with van der Waals surface area (Å²) in [5.74, 6) is 0.612. The fourth-order valence-corrected chi connectivity index (χ4v) is 1.64. The van der Waals surface area contributed by atoms with Crippen LogP contribution in [0.25, 0.3) is 0 Å². The zero-order chi connectivity index (χ0) is 16.2. The summed E-state index contributed by atoms with van der Waals surface area (Å²) in [5.41, 5.74) is 1.67. The average molecular weight is 294 g/mol. The number of hydrogen-bond donors (Lipinski definition) is 2. The second-order valence-corrected chi connectivity index (χ2v) is 5.95. The molecule has 0 aliphatic rings. The molecular formula is C17H18N4O. The maximum atomic E-state index is 11.9. The lowest BCUT2D eigenvalue weighted by molar-refractivity contribution is -0.123. The van der Waals surface area contributed by atoms with Crippen LogP contribution in [0.1, 0.15) is 26.3 Å². The molecule has 0 aliphatic carbocycles. The van der Waals surface area contributed by atoms with Gasteiger partial charge in [0.25, 0.3) is 0 Å². The fourth-order valence-electron chi connectivity index (χ4n) is 1.64. The fraction of sp³-hybridized carbons (Fsp3) is 0.235. The van der Waals surface area contributed by atoms with Gasteiger partial charge in [-0.25, -0.2) is 4.98 Å². The van der Waals surface area contributed by atoms with Crippen molar-refractivity contribution in [2.75, 3.05) is 10.6 Å². The number of nitrogens with zero attached hydrogens (tertiary/aromatic N) is 2. The van der Waals surface area contributed by atoms with Crippen molar-refractivity contribution in [3.05, 3.63) is 48.2 Å². The molecular weight excluding hydrogens is 276 g/mol. The summed E-state index contributed by atoms with van der Waals surface area (Å²) in [6.07, 6.45) is 1.61. The van der Waals surface area contributed by atoms with Crippen LogP contribution in [0.4, 0.5) is 17.2 Å². The van der Waals surface area contributed by atoms with Crippen molar-refractivity contribution in [3.63, 3.8) is 0 Å². The van der Waals surface area contributed by atoms with Gasteiger partial charge in [0, 0.05) is 11.1 Å². The van der Waals surface area contributed by atoms with Gasteiger partial charge in [-0.3, -0.25) is 4.79 Å². The Balaban J connectivity index is 2.02. The molecule has 0 saturated heterocycles. The van der Waals surface area contributed by atoms with Gasteiger partial charge >= 0.3 is 0 Å². The van der Waals surface area contributed by atoms with Crippen molar-refractivity contribution in [2.24, 2.45) is 5.41 Å². The molecule has 0 atom stereocenters. The predicted octanol–water partition coefficient (Wildman–Crippen LogP) is 3.68. The zero-order valence-corrected chi connectivity index (χ0v) is 12.8. The van der Waals surface area contributed by atoms with Crippen LogP contribution in [0.15, 0.2) is 42.6 Å². The van der Waals surface area contributed by atoms with Crippen molar-refractivity contribution in [1.29, 1.82) is 5.26 Å². The molecule has 112 valence electrons. The molecule has 0 fully saturated rings. The first-order valence-corrected chi connectivity index (χ1v) is 6.93. The third kappa shape index (κ3) is 4.06. The highest BCUT2D eigenvalue weighted by molar-refractivity contribution is 5.94. The highest BCUT2D eigenvalue weighted by atomic mass is 16.2. The molecule has 2 rings (SSSR count). The summed E-state index contributed by atoms with van der Waals surface area (Å²) in [4.78, 5) is 16.2. The first kappa shape index (κ1) is 15.5. The van der Waals surface area contributed by atoms with Gasteiger partial charge in [0.15, 0.2) is 0 Å². The molecule has 0 unspecified atom stereocenters. The van der Waals surface area contributed by atoms with Gasteiger partial charge in [-0.15, -0.1) is 0 Å². The van der Waals surface area contributed by atoms with E-state index in [1.165, 1.54) is 0 Å². The minimum absolute atomic E-state index is 0.0536. The van der Waals surface area contributed by atoms with E-state index in [0.717, 1.165) is 5.69 Å². The lowest BCUT2D eigenvalue weighted by atomic mass is 9.96. The van der Waals surface area contributed by atoms with Crippen LogP contribution < -0.4 is 10.6 Å². The van der Waals surface area contributed by atoms with E-state index in [-0.39, 0.29) is 5.91 Å². The third-order valence-electron chi connectivity index (χ3n) is 2.99. The number of anilines is 3. The topological polar surface area (TPSA) is 77.8 Å². The molecule has 0 radical (unpaired) electrons. The van der Waals surface area contributed by atoms with E-state index < -0.39 is 5.41 Å². The molecule has 1 aromatic heterocycles. The number of carbonyl (C=O) groups is 1. The lowest BCUT2D eigenvalue weighted by Gasteiger charge is -2.17. The van der Waals surface area contributed by atoms with Gasteiger partial charge in [0.1, 0.15) is 5.82 Å². The van der Waals surface area contributed by atoms with Gasteiger partial charge in [-0.2, -0.15) is 5.26 Å². The summed E-state index contributed by atoms with van der Waals surface area (Å²) in [5, 5.41) is 14.7. The maximum Gasteiger partial charge on any atom is 0.229 e. The Hall–Kier alpha value is -2.87. The van der Waals surface area contributed by atoms with E-state index in [4.69, 9.17) is 5.26 Å². The molecule has 5 nitrogen and oxygen atoms in total. The molecule has 1 heterocycles. The molecule has 0 aliphatic heterocycles. The minimum atomic E-state index is -0.445. The highest BCUT2D eigenvalue weighted by Gasteiger charge is 2.21. The average Bonchev–Trinajstić information content (AvgIpc) is 2.49. The van der Waals surface area contributed by atoms with Crippen molar-refractivity contribution in [2.45, 2.75) is 20.8 Å². The number of aromatic nitrogens is 1. The Morgan fingerprint density at radius 3 is 2.23 bits per heavy atom. The normalized spacial score (nSPS) is 10.6. The Morgan fingerprint density at radius 2 is 1.73 bits per heavy atom. The number of carbonyl (C=O) groups excluding carboxylic acids is 1.